The molecule has 2 saturated heterocycles. The van der Waals surface area contributed by atoms with Crippen molar-refractivity contribution < 1.29 is 14.6 Å². The monoisotopic (exact) mass is 156 g/mol. The smallest absolute Gasteiger partial charge is 0.335 e. The Morgan fingerprint density at radius 1 is 1.45 bits per heavy atom. The van der Waals surface area contributed by atoms with Crippen LogP contribution in [0.2, 0.25) is 0 Å². The second-order valence-corrected chi connectivity index (χ2v) is 3.55. The Morgan fingerprint density at radius 3 is 2.36 bits per heavy atom. The maximum atomic E-state index is 10.8. The standard InChI is InChI=1S/C8H12O3/c9-7(10)8-3-1-6(2-4-8)5-11-8/h6H,1-5H2,(H,9,10). The fourth-order valence-corrected chi connectivity index (χ4v) is 2.01. The van der Waals surface area contributed by atoms with E-state index in [2.05, 4.69) is 0 Å². The van der Waals surface area contributed by atoms with E-state index in [1.807, 2.05) is 0 Å². The van der Waals surface area contributed by atoms with Crippen molar-refractivity contribution >= 4 is 5.97 Å². The summed E-state index contributed by atoms with van der Waals surface area (Å²) in [5.74, 6) is -0.133. The summed E-state index contributed by atoms with van der Waals surface area (Å²) < 4.78 is 5.33. The number of hydrogen-bond donors (Lipinski definition) is 1. The summed E-state index contributed by atoms with van der Waals surface area (Å²) in [6.07, 6.45) is 3.50. The van der Waals surface area contributed by atoms with Gasteiger partial charge in [0, 0.05) is 0 Å². The minimum Gasteiger partial charge on any atom is -0.479 e. The van der Waals surface area contributed by atoms with Crippen molar-refractivity contribution in [1.29, 1.82) is 0 Å². The largest absolute Gasteiger partial charge is 0.479 e. The summed E-state index contributed by atoms with van der Waals surface area (Å²) in [5.41, 5.74) is -0.797. The van der Waals surface area contributed by atoms with Crippen LogP contribution in [0.5, 0.6) is 0 Å². The molecule has 1 saturated carbocycles. The van der Waals surface area contributed by atoms with Gasteiger partial charge in [0.2, 0.25) is 0 Å². The van der Waals surface area contributed by atoms with E-state index in [1.165, 1.54) is 0 Å². The lowest BCUT2D eigenvalue weighted by Crippen LogP contribution is -2.50. The van der Waals surface area contributed by atoms with Crippen LogP contribution < -0.4 is 0 Å². The van der Waals surface area contributed by atoms with E-state index < -0.39 is 11.6 Å². The van der Waals surface area contributed by atoms with Crippen molar-refractivity contribution in [2.45, 2.75) is 31.3 Å². The molecule has 0 aromatic heterocycles. The van der Waals surface area contributed by atoms with Gasteiger partial charge in [0.1, 0.15) is 0 Å². The molecule has 1 aliphatic carbocycles. The number of carboxylic acid groups (broad SMARTS) is 1. The van der Waals surface area contributed by atoms with Gasteiger partial charge < -0.3 is 9.84 Å². The molecule has 0 unspecified atom stereocenters. The van der Waals surface area contributed by atoms with Crippen LogP contribution in [0.1, 0.15) is 25.7 Å². The summed E-state index contributed by atoms with van der Waals surface area (Å²) in [4.78, 5) is 10.8. The average molecular weight is 156 g/mol. The number of ether oxygens (including phenoxy) is 1. The maximum absolute atomic E-state index is 10.8. The lowest BCUT2D eigenvalue weighted by molar-refractivity contribution is -0.190. The zero-order valence-corrected chi connectivity index (χ0v) is 6.38. The summed E-state index contributed by atoms with van der Waals surface area (Å²) in [6.45, 7) is 0.659. The van der Waals surface area contributed by atoms with E-state index >= 15 is 0 Å². The first kappa shape index (κ1) is 7.10. The van der Waals surface area contributed by atoms with Crippen molar-refractivity contribution in [3.05, 3.63) is 0 Å². The predicted octanol–water partition coefficient (Wildman–Crippen LogP) is 1.03. The topological polar surface area (TPSA) is 46.5 Å². The van der Waals surface area contributed by atoms with Gasteiger partial charge in [-0.1, -0.05) is 0 Å². The highest BCUT2D eigenvalue weighted by Crippen LogP contribution is 2.40. The minimum atomic E-state index is -0.797. The van der Waals surface area contributed by atoms with Gasteiger partial charge in [0.05, 0.1) is 6.61 Å². The third-order valence-corrected chi connectivity index (χ3v) is 2.90. The van der Waals surface area contributed by atoms with Crippen LogP contribution >= 0.6 is 0 Å². The van der Waals surface area contributed by atoms with Crippen LogP contribution in [0.25, 0.3) is 0 Å². The molecule has 3 nitrogen and oxygen atoms in total. The Labute approximate surface area is 65.4 Å². The van der Waals surface area contributed by atoms with Crippen molar-refractivity contribution in [3.63, 3.8) is 0 Å². The molecule has 3 fully saturated rings. The predicted molar refractivity (Wildman–Crippen MR) is 38.3 cm³/mol. The van der Waals surface area contributed by atoms with E-state index in [-0.39, 0.29) is 0 Å². The second kappa shape index (κ2) is 2.21. The molecule has 0 aromatic carbocycles. The van der Waals surface area contributed by atoms with Crippen LogP contribution in [0.15, 0.2) is 0 Å². The van der Waals surface area contributed by atoms with Crippen molar-refractivity contribution in [1.82, 2.24) is 0 Å². The highest BCUT2D eigenvalue weighted by molar-refractivity contribution is 5.77. The average Bonchev–Trinajstić information content (AvgIpc) is 2.08. The molecule has 0 amide bonds. The highest BCUT2D eigenvalue weighted by Gasteiger charge is 2.47. The number of hydrogen-bond acceptors (Lipinski definition) is 2. The quantitative estimate of drug-likeness (QED) is 0.616. The first-order chi connectivity index (χ1) is 5.23. The van der Waals surface area contributed by atoms with E-state index in [4.69, 9.17) is 9.84 Å². The zero-order valence-electron chi connectivity index (χ0n) is 6.38. The number of carbonyl (C=O) groups is 1. The van der Waals surface area contributed by atoms with E-state index in [0.717, 1.165) is 12.8 Å². The van der Waals surface area contributed by atoms with Gasteiger partial charge in [-0.05, 0) is 31.6 Å². The molecular weight excluding hydrogens is 144 g/mol. The number of carboxylic acids is 1. The van der Waals surface area contributed by atoms with Crippen LogP contribution in [0, 0.1) is 5.92 Å². The van der Waals surface area contributed by atoms with Crippen LogP contribution in [-0.2, 0) is 9.53 Å². The van der Waals surface area contributed by atoms with E-state index in [0.29, 0.717) is 25.4 Å². The highest BCUT2D eigenvalue weighted by atomic mass is 16.5. The molecule has 2 heterocycles. The van der Waals surface area contributed by atoms with Crippen molar-refractivity contribution in [3.8, 4) is 0 Å². The third kappa shape index (κ3) is 0.948. The normalized spacial score (nSPS) is 42.4. The van der Waals surface area contributed by atoms with Crippen LogP contribution in [0.3, 0.4) is 0 Å². The van der Waals surface area contributed by atoms with Gasteiger partial charge in [0.25, 0.3) is 0 Å². The Balaban J connectivity index is 2.18. The fraction of sp³-hybridized carbons (Fsp3) is 0.875. The molecule has 2 aliphatic heterocycles. The van der Waals surface area contributed by atoms with Crippen LogP contribution in [0.4, 0.5) is 0 Å². The minimum absolute atomic E-state index is 0.635. The molecule has 0 atom stereocenters. The summed E-state index contributed by atoms with van der Waals surface area (Å²) in [6, 6.07) is 0. The molecule has 62 valence electrons. The second-order valence-electron chi connectivity index (χ2n) is 3.55. The molecule has 0 spiro atoms. The Hall–Kier alpha value is -0.570. The van der Waals surface area contributed by atoms with Gasteiger partial charge in [-0.3, -0.25) is 0 Å². The van der Waals surface area contributed by atoms with Crippen molar-refractivity contribution in [2.75, 3.05) is 6.61 Å². The fourth-order valence-electron chi connectivity index (χ4n) is 2.01. The number of fused-ring (bicyclic) bond motifs is 3. The molecule has 2 bridgehead atoms. The van der Waals surface area contributed by atoms with Crippen LogP contribution in [-0.4, -0.2) is 23.3 Å². The van der Waals surface area contributed by atoms with Gasteiger partial charge >= 0.3 is 5.97 Å². The molecule has 0 radical (unpaired) electrons. The first-order valence-corrected chi connectivity index (χ1v) is 4.10. The summed E-state index contributed by atoms with van der Waals surface area (Å²) in [7, 11) is 0. The zero-order chi connectivity index (χ0) is 7.90. The number of rotatable bonds is 1. The molecular formula is C8H12O3. The van der Waals surface area contributed by atoms with Gasteiger partial charge in [-0.15, -0.1) is 0 Å². The molecule has 3 aliphatic rings. The van der Waals surface area contributed by atoms with Gasteiger partial charge in [-0.2, -0.15) is 0 Å². The Bertz CT molecular complexity index is 166. The number of aliphatic carboxylic acids is 1. The van der Waals surface area contributed by atoms with E-state index in [1.54, 1.807) is 0 Å². The molecule has 1 N–H and O–H groups in total. The lowest BCUT2D eigenvalue weighted by atomic mass is 9.76. The Morgan fingerprint density at radius 2 is 2.09 bits per heavy atom. The SMILES string of the molecule is O=C(O)C12CCC(CC1)CO2. The van der Waals surface area contributed by atoms with Gasteiger partial charge in [0.15, 0.2) is 5.60 Å². The summed E-state index contributed by atoms with van der Waals surface area (Å²) >= 11 is 0. The Kier molecular flexibility index (Phi) is 1.42. The molecule has 3 heteroatoms. The third-order valence-electron chi connectivity index (χ3n) is 2.90. The lowest BCUT2D eigenvalue weighted by Gasteiger charge is -2.43. The van der Waals surface area contributed by atoms with Crippen molar-refractivity contribution in [2.24, 2.45) is 5.92 Å². The molecule has 0 aromatic rings. The first-order valence-electron chi connectivity index (χ1n) is 4.10. The van der Waals surface area contributed by atoms with Gasteiger partial charge in [-0.25, -0.2) is 4.79 Å². The molecule has 3 rings (SSSR count). The summed E-state index contributed by atoms with van der Waals surface area (Å²) in [5, 5.41) is 8.89. The maximum Gasteiger partial charge on any atom is 0.335 e. The molecule has 11 heavy (non-hydrogen) atoms. The van der Waals surface area contributed by atoms with E-state index in [9.17, 15) is 4.79 Å².